The molecule has 6 heteroatoms. The highest BCUT2D eigenvalue weighted by Crippen LogP contribution is 2.49. The van der Waals surface area contributed by atoms with Gasteiger partial charge in [-0.15, -0.1) is 0 Å². The van der Waals surface area contributed by atoms with Gasteiger partial charge in [-0.05, 0) is 11.1 Å². The van der Waals surface area contributed by atoms with Crippen LogP contribution in [0.15, 0.2) is 84.9 Å². The molecule has 1 aliphatic rings. The molecular weight excluding hydrogens is 462 g/mol. The van der Waals surface area contributed by atoms with Crippen LogP contribution >= 0.6 is 46.4 Å². The van der Waals surface area contributed by atoms with Crippen LogP contribution in [-0.2, 0) is 0 Å². The lowest BCUT2D eigenvalue weighted by molar-refractivity contribution is 0.359. The number of rotatable bonds is 1. The molecule has 0 fully saturated rings. The zero-order valence-corrected chi connectivity index (χ0v) is 18.4. The van der Waals surface area contributed by atoms with Crippen LogP contribution in [0, 0.1) is 0 Å². The van der Waals surface area contributed by atoms with E-state index in [0.29, 0.717) is 43.1 Å². The second kappa shape index (κ2) is 9.20. The van der Waals surface area contributed by atoms with Crippen molar-refractivity contribution < 1.29 is 9.47 Å². The van der Waals surface area contributed by atoms with E-state index in [1.807, 2.05) is 12.1 Å². The van der Waals surface area contributed by atoms with Crippen molar-refractivity contribution in [2.75, 3.05) is 0 Å². The first-order chi connectivity index (χ1) is 14.5. The molecule has 0 bridgehead atoms. The zero-order chi connectivity index (χ0) is 21.1. The Morgan fingerprint density at radius 2 is 0.667 bits per heavy atom. The number of halogens is 4. The first-order valence-electron chi connectivity index (χ1n) is 8.95. The monoisotopic (exact) mass is 474 g/mol. The number of fused-ring (bicyclic) bond motifs is 2. The second-order valence-corrected chi connectivity index (χ2v) is 7.99. The molecule has 0 saturated carbocycles. The summed E-state index contributed by atoms with van der Waals surface area (Å²) in [6, 6.07) is 27.1. The van der Waals surface area contributed by atoms with Crippen molar-refractivity contribution in [1.82, 2.24) is 0 Å². The predicted octanol–water partition coefficient (Wildman–Crippen LogP) is 9.55. The summed E-state index contributed by atoms with van der Waals surface area (Å²) >= 11 is 23.7. The van der Waals surface area contributed by atoms with Gasteiger partial charge in [-0.2, -0.15) is 0 Å². The van der Waals surface area contributed by atoms with Crippen LogP contribution in [-0.4, -0.2) is 0 Å². The van der Waals surface area contributed by atoms with Crippen LogP contribution in [0.1, 0.15) is 0 Å². The van der Waals surface area contributed by atoms with E-state index >= 15 is 0 Å². The highest BCUT2D eigenvalue weighted by molar-refractivity contribution is 6.42. The SMILES string of the molecule is Clc1cc2c(cc1Cl)Oc1cc(Cl)c(Cl)cc1O2.c1ccc(-c2ccccc2)cc1. The molecule has 5 rings (SSSR count). The summed E-state index contributed by atoms with van der Waals surface area (Å²) in [5, 5.41) is 1.56. The van der Waals surface area contributed by atoms with Crippen molar-refractivity contribution in [1.29, 1.82) is 0 Å². The largest absolute Gasteiger partial charge is 0.449 e. The van der Waals surface area contributed by atoms with Gasteiger partial charge in [-0.1, -0.05) is 107 Å². The Morgan fingerprint density at radius 3 is 0.933 bits per heavy atom. The smallest absolute Gasteiger partial charge is 0.171 e. The summed E-state index contributed by atoms with van der Waals surface area (Å²) in [7, 11) is 0. The molecule has 0 aliphatic carbocycles. The van der Waals surface area contributed by atoms with Crippen LogP contribution in [0.4, 0.5) is 0 Å². The van der Waals surface area contributed by atoms with Crippen LogP contribution in [0.5, 0.6) is 23.0 Å². The summed E-state index contributed by atoms with van der Waals surface area (Å²) in [6.45, 7) is 0. The topological polar surface area (TPSA) is 18.5 Å². The van der Waals surface area contributed by atoms with Gasteiger partial charge in [-0.3, -0.25) is 0 Å². The number of hydrogen-bond acceptors (Lipinski definition) is 2. The van der Waals surface area contributed by atoms with Crippen LogP contribution in [0.2, 0.25) is 20.1 Å². The maximum Gasteiger partial charge on any atom is 0.171 e. The fraction of sp³-hybridized carbons (Fsp3) is 0. The standard InChI is InChI=1S/C12H4Cl4O2.C12H10/c13-5-1-9-10(2-6(5)14)18-12-4-8(16)7(15)3-11(12)17-9;1-3-7-11(8-4-1)12-9-5-2-6-10-12/h1-4H;1-10H. The third kappa shape index (κ3) is 4.69. The molecule has 0 atom stereocenters. The van der Waals surface area contributed by atoms with Crippen LogP contribution < -0.4 is 9.47 Å². The average Bonchev–Trinajstić information content (AvgIpc) is 2.76. The maximum absolute atomic E-state index is 5.91. The van der Waals surface area contributed by atoms with Crippen molar-refractivity contribution in [3.63, 3.8) is 0 Å². The summed E-state index contributed by atoms with van der Waals surface area (Å²) in [4.78, 5) is 0. The minimum atomic E-state index is 0.391. The second-order valence-electron chi connectivity index (χ2n) is 6.36. The highest BCUT2D eigenvalue weighted by Gasteiger charge is 2.22. The van der Waals surface area contributed by atoms with E-state index in [4.69, 9.17) is 55.9 Å². The van der Waals surface area contributed by atoms with Gasteiger partial charge in [0.25, 0.3) is 0 Å². The molecule has 0 saturated heterocycles. The Labute approximate surface area is 194 Å². The fourth-order valence-electron chi connectivity index (χ4n) is 2.84. The van der Waals surface area contributed by atoms with Crippen LogP contribution in [0.25, 0.3) is 11.1 Å². The lowest BCUT2D eigenvalue weighted by Gasteiger charge is -2.21. The molecular formula is C24H14Cl4O2. The molecule has 2 nitrogen and oxygen atoms in total. The van der Waals surface area contributed by atoms with E-state index in [1.54, 1.807) is 24.3 Å². The van der Waals surface area contributed by atoms with E-state index < -0.39 is 0 Å². The zero-order valence-electron chi connectivity index (χ0n) is 15.4. The van der Waals surface area contributed by atoms with Gasteiger partial charge in [0.1, 0.15) is 0 Å². The molecule has 0 aromatic heterocycles. The third-order valence-electron chi connectivity index (χ3n) is 4.29. The summed E-state index contributed by atoms with van der Waals surface area (Å²) < 4.78 is 11.3. The Kier molecular flexibility index (Phi) is 6.40. The van der Waals surface area contributed by atoms with Crippen molar-refractivity contribution in [2.24, 2.45) is 0 Å². The summed E-state index contributed by atoms with van der Waals surface area (Å²) in [5.41, 5.74) is 2.55. The minimum Gasteiger partial charge on any atom is -0.449 e. The molecule has 0 unspecified atom stereocenters. The number of hydrogen-bond donors (Lipinski definition) is 0. The molecule has 0 amide bonds. The highest BCUT2D eigenvalue weighted by atomic mass is 35.5. The van der Waals surface area contributed by atoms with Gasteiger partial charge in [-0.25, -0.2) is 0 Å². The Bertz CT molecular complexity index is 1030. The van der Waals surface area contributed by atoms with E-state index in [0.717, 1.165) is 0 Å². The van der Waals surface area contributed by atoms with Gasteiger partial charge in [0.15, 0.2) is 23.0 Å². The molecule has 0 radical (unpaired) electrons. The molecule has 150 valence electrons. The predicted molar refractivity (Wildman–Crippen MR) is 125 cm³/mol. The molecule has 1 aliphatic heterocycles. The molecule has 30 heavy (non-hydrogen) atoms. The molecule has 0 spiro atoms. The van der Waals surface area contributed by atoms with E-state index in [1.165, 1.54) is 11.1 Å². The van der Waals surface area contributed by atoms with E-state index in [9.17, 15) is 0 Å². The number of ether oxygens (including phenoxy) is 2. The van der Waals surface area contributed by atoms with Gasteiger partial charge in [0.05, 0.1) is 20.1 Å². The maximum atomic E-state index is 5.91. The summed E-state index contributed by atoms with van der Waals surface area (Å²) in [5.74, 6) is 1.93. The minimum absolute atomic E-state index is 0.391. The lowest BCUT2D eigenvalue weighted by atomic mass is 10.1. The fourth-order valence-corrected chi connectivity index (χ4v) is 3.45. The van der Waals surface area contributed by atoms with E-state index in [2.05, 4.69) is 48.5 Å². The molecule has 0 N–H and O–H groups in total. The molecule has 4 aromatic carbocycles. The van der Waals surface area contributed by atoms with E-state index in [-0.39, 0.29) is 0 Å². The van der Waals surface area contributed by atoms with Gasteiger partial charge in [0.2, 0.25) is 0 Å². The summed E-state index contributed by atoms with van der Waals surface area (Å²) in [6.07, 6.45) is 0. The van der Waals surface area contributed by atoms with Gasteiger partial charge >= 0.3 is 0 Å². The Balaban J connectivity index is 0.000000158. The van der Waals surface area contributed by atoms with Crippen molar-refractivity contribution >= 4 is 46.4 Å². The van der Waals surface area contributed by atoms with Crippen molar-refractivity contribution in [3.8, 4) is 34.1 Å². The number of benzene rings is 4. The van der Waals surface area contributed by atoms with Gasteiger partial charge in [0, 0.05) is 24.3 Å². The third-order valence-corrected chi connectivity index (χ3v) is 5.74. The quantitative estimate of drug-likeness (QED) is 0.240. The Hall–Kier alpha value is -2.36. The normalized spacial score (nSPS) is 11.2. The average molecular weight is 476 g/mol. The molecule has 1 heterocycles. The van der Waals surface area contributed by atoms with Crippen molar-refractivity contribution in [3.05, 3.63) is 105 Å². The van der Waals surface area contributed by atoms with Crippen molar-refractivity contribution in [2.45, 2.75) is 0 Å². The Morgan fingerprint density at radius 1 is 0.400 bits per heavy atom. The first kappa shape index (κ1) is 20.9. The molecule has 4 aromatic rings. The van der Waals surface area contributed by atoms with Crippen LogP contribution in [0.3, 0.4) is 0 Å². The van der Waals surface area contributed by atoms with Gasteiger partial charge < -0.3 is 9.47 Å². The lowest BCUT2D eigenvalue weighted by Crippen LogP contribution is -1.99. The first-order valence-corrected chi connectivity index (χ1v) is 10.5.